The molecule has 0 spiro atoms. The number of likely N-dealkylation sites (tertiary alicyclic amines) is 1. The van der Waals surface area contributed by atoms with Crippen LogP contribution in [-0.2, 0) is 20.8 Å². The Labute approximate surface area is 173 Å². The highest BCUT2D eigenvalue weighted by Gasteiger charge is 2.65. The molecule has 4 rings (SSSR count). The van der Waals surface area contributed by atoms with Crippen LogP contribution in [0.4, 0.5) is 5.13 Å². The summed E-state index contributed by atoms with van der Waals surface area (Å²) in [5, 5.41) is 10.7. The Kier molecular flexibility index (Phi) is 4.77. The van der Waals surface area contributed by atoms with Crippen LogP contribution in [0.25, 0.3) is 0 Å². The quantitative estimate of drug-likeness (QED) is 0.763. The van der Waals surface area contributed by atoms with Gasteiger partial charge in [-0.3, -0.25) is 24.6 Å². The summed E-state index contributed by atoms with van der Waals surface area (Å²) >= 11 is 1.19. The van der Waals surface area contributed by atoms with E-state index in [9.17, 15) is 14.4 Å². The van der Waals surface area contributed by atoms with Crippen LogP contribution < -0.4 is 5.32 Å². The third-order valence-electron chi connectivity index (χ3n) is 6.93. The number of hydrogen-bond acceptors (Lipinski definition) is 6. The van der Waals surface area contributed by atoms with Gasteiger partial charge in [0.2, 0.25) is 22.9 Å². The highest BCUT2D eigenvalue weighted by atomic mass is 32.1. The van der Waals surface area contributed by atoms with Gasteiger partial charge in [-0.15, -0.1) is 10.2 Å². The van der Waals surface area contributed by atoms with Gasteiger partial charge in [0.15, 0.2) is 0 Å². The second kappa shape index (κ2) is 7.02. The summed E-state index contributed by atoms with van der Waals surface area (Å²) in [5.41, 5.74) is 1.31. The first kappa shape index (κ1) is 19.7. The summed E-state index contributed by atoms with van der Waals surface area (Å²) < 4.78 is 0. The SMILES string of the molecule is CC12CCC(C(=O)N(C(Cc3ccccc3)C(=O)Nc3nncs3)C1=O)C2(C)C. The first-order chi connectivity index (χ1) is 13.8. The van der Waals surface area contributed by atoms with Crippen molar-refractivity contribution in [2.45, 2.75) is 46.1 Å². The van der Waals surface area contributed by atoms with E-state index >= 15 is 0 Å². The standard InChI is InChI=1S/C21H24N4O3S/c1-20(2)14-9-10-21(20,3)18(28)25(17(14)27)15(11-13-7-5-4-6-8-13)16(26)23-19-24-22-12-29-19/h4-8,12,14-15H,9-11H2,1-3H3,(H,23,24,26). The number of amides is 3. The van der Waals surface area contributed by atoms with Gasteiger partial charge in [0, 0.05) is 12.3 Å². The summed E-state index contributed by atoms with van der Waals surface area (Å²) in [5.74, 6) is -1.19. The Hall–Kier alpha value is -2.61. The molecule has 152 valence electrons. The maximum atomic E-state index is 13.6. The summed E-state index contributed by atoms with van der Waals surface area (Å²) in [6, 6.07) is 8.50. The van der Waals surface area contributed by atoms with Crippen molar-refractivity contribution in [2.75, 3.05) is 5.32 Å². The smallest absolute Gasteiger partial charge is 0.249 e. The van der Waals surface area contributed by atoms with Crippen LogP contribution in [0.15, 0.2) is 35.8 Å². The van der Waals surface area contributed by atoms with Gasteiger partial charge in [0.05, 0.1) is 5.41 Å². The number of imide groups is 1. The van der Waals surface area contributed by atoms with Gasteiger partial charge >= 0.3 is 0 Å². The van der Waals surface area contributed by atoms with Crippen LogP contribution in [-0.4, -0.2) is 38.9 Å². The van der Waals surface area contributed by atoms with Crippen molar-refractivity contribution in [3.63, 3.8) is 0 Å². The fraction of sp³-hybridized carbons (Fsp3) is 0.476. The minimum absolute atomic E-state index is 0.247. The minimum atomic E-state index is -0.933. The minimum Gasteiger partial charge on any atom is -0.299 e. The number of piperidine rings is 1. The molecule has 3 amide bonds. The number of fused-ring (bicyclic) bond motifs is 2. The van der Waals surface area contributed by atoms with Gasteiger partial charge in [-0.1, -0.05) is 62.4 Å². The first-order valence-corrected chi connectivity index (χ1v) is 10.6. The maximum absolute atomic E-state index is 13.6. The zero-order chi connectivity index (χ0) is 20.8. The molecule has 1 aromatic carbocycles. The average Bonchev–Trinajstić information content (AvgIpc) is 3.25. The van der Waals surface area contributed by atoms with Gasteiger partial charge in [0.25, 0.3) is 0 Å². The van der Waals surface area contributed by atoms with Crippen LogP contribution in [0.3, 0.4) is 0 Å². The lowest BCUT2D eigenvalue weighted by Gasteiger charge is -2.49. The molecule has 1 N–H and O–H groups in total. The van der Waals surface area contributed by atoms with Gasteiger partial charge < -0.3 is 0 Å². The Morgan fingerprint density at radius 2 is 2.00 bits per heavy atom. The van der Waals surface area contributed by atoms with Crippen LogP contribution in [0.1, 0.15) is 39.2 Å². The predicted molar refractivity (Wildman–Crippen MR) is 109 cm³/mol. The molecule has 1 saturated carbocycles. The van der Waals surface area contributed by atoms with Gasteiger partial charge in [-0.05, 0) is 23.8 Å². The molecule has 1 aliphatic heterocycles. The van der Waals surface area contributed by atoms with E-state index in [2.05, 4.69) is 15.5 Å². The van der Waals surface area contributed by atoms with E-state index in [1.807, 2.05) is 51.1 Å². The monoisotopic (exact) mass is 412 g/mol. The molecule has 2 aromatic rings. The number of carbonyl (C=O) groups excluding carboxylic acids is 3. The number of rotatable bonds is 5. The molecular formula is C21H24N4O3S. The van der Waals surface area contributed by atoms with Gasteiger partial charge in [-0.2, -0.15) is 0 Å². The highest BCUT2D eigenvalue weighted by Crippen LogP contribution is 2.60. The number of hydrogen-bond donors (Lipinski definition) is 1. The fourth-order valence-electron chi connectivity index (χ4n) is 4.70. The van der Waals surface area contributed by atoms with Crippen molar-refractivity contribution in [3.8, 4) is 0 Å². The molecule has 2 aliphatic rings. The van der Waals surface area contributed by atoms with E-state index in [4.69, 9.17) is 0 Å². The highest BCUT2D eigenvalue weighted by molar-refractivity contribution is 7.13. The topological polar surface area (TPSA) is 92.3 Å². The molecule has 1 aliphatic carbocycles. The van der Waals surface area contributed by atoms with Crippen molar-refractivity contribution < 1.29 is 14.4 Å². The molecule has 3 unspecified atom stereocenters. The number of carbonyl (C=O) groups is 3. The molecule has 8 heteroatoms. The molecular weight excluding hydrogens is 388 g/mol. The van der Waals surface area contributed by atoms with Gasteiger partial charge in [-0.25, -0.2) is 0 Å². The molecule has 2 bridgehead atoms. The van der Waals surface area contributed by atoms with Crippen LogP contribution in [0, 0.1) is 16.7 Å². The average molecular weight is 413 g/mol. The lowest BCUT2D eigenvalue weighted by Crippen LogP contribution is -2.64. The van der Waals surface area contributed by atoms with E-state index in [0.717, 1.165) is 5.56 Å². The van der Waals surface area contributed by atoms with E-state index < -0.39 is 22.8 Å². The van der Waals surface area contributed by atoms with Crippen molar-refractivity contribution in [3.05, 3.63) is 41.4 Å². The van der Waals surface area contributed by atoms with Crippen LogP contribution in [0.5, 0.6) is 0 Å². The molecule has 1 saturated heterocycles. The van der Waals surface area contributed by atoms with Crippen molar-refractivity contribution in [1.29, 1.82) is 0 Å². The van der Waals surface area contributed by atoms with Crippen molar-refractivity contribution >= 4 is 34.2 Å². The normalized spacial score (nSPS) is 26.4. The second-order valence-electron chi connectivity index (χ2n) is 8.60. The Morgan fingerprint density at radius 3 is 2.66 bits per heavy atom. The second-order valence-corrected chi connectivity index (χ2v) is 9.43. The summed E-state index contributed by atoms with van der Waals surface area (Å²) in [7, 11) is 0. The van der Waals surface area contributed by atoms with E-state index in [0.29, 0.717) is 18.0 Å². The molecule has 0 radical (unpaired) electrons. The van der Waals surface area contributed by atoms with Crippen molar-refractivity contribution in [2.24, 2.45) is 16.7 Å². The Bertz CT molecular complexity index is 944. The first-order valence-electron chi connectivity index (χ1n) is 9.74. The summed E-state index contributed by atoms with van der Waals surface area (Å²) in [4.78, 5) is 41.4. The number of nitrogens with one attached hydrogen (secondary N) is 1. The lowest BCUT2D eigenvalue weighted by atomic mass is 9.62. The Morgan fingerprint density at radius 1 is 1.28 bits per heavy atom. The summed E-state index contributed by atoms with van der Waals surface area (Å²) in [6.07, 6.45) is 1.58. The molecule has 7 nitrogen and oxygen atoms in total. The van der Waals surface area contributed by atoms with E-state index in [1.54, 1.807) is 0 Å². The van der Waals surface area contributed by atoms with E-state index in [-0.39, 0.29) is 24.2 Å². The van der Waals surface area contributed by atoms with E-state index in [1.165, 1.54) is 21.7 Å². The number of benzene rings is 1. The van der Waals surface area contributed by atoms with Crippen LogP contribution >= 0.6 is 11.3 Å². The molecule has 3 atom stereocenters. The Balaban J connectivity index is 1.71. The third-order valence-corrected chi connectivity index (χ3v) is 7.54. The third kappa shape index (κ3) is 3.06. The maximum Gasteiger partial charge on any atom is 0.249 e. The summed E-state index contributed by atoms with van der Waals surface area (Å²) in [6.45, 7) is 5.91. The predicted octanol–water partition coefficient (Wildman–Crippen LogP) is 2.90. The lowest BCUT2D eigenvalue weighted by molar-refractivity contribution is -0.172. The molecule has 2 heterocycles. The number of aromatic nitrogens is 2. The zero-order valence-electron chi connectivity index (χ0n) is 16.7. The molecule has 2 fully saturated rings. The molecule has 1 aromatic heterocycles. The fourth-order valence-corrected chi connectivity index (χ4v) is 5.15. The number of anilines is 1. The van der Waals surface area contributed by atoms with Crippen molar-refractivity contribution in [1.82, 2.24) is 15.1 Å². The van der Waals surface area contributed by atoms with Crippen LogP contribution in [0.2, 0.25) is 0 Å². The molecule has 29 heavy (non-hydrogen) atoms. The largest absolute Gasteiger partial charge is 0.299 e. The zero-order valence-corrected chi connectivity index (χ0v) is 17.5. The number of nitrogens with zero attached hydrogens (tertiary/aromatic N) is 3. The van der Waals surface area contributed by atoms with Gasteiger partial charge in [0.1, 0.15) is 11.6 Å².